The number of nitrogens with zero attached hydrogens (tertiary/aromatic N) is 3. The second kappa shape index (κ2) is 5.31. The van der Waals surface area contributed by atoms with Crippen molar-refractivity contribution >= 4 is 11.6 Å². The van der Waals surface area contributed by atoms with Gasteiger partial charge in [0.15, 0.2) is 5.69 Å². The number of carbonyl (C=O) groups excluding carboxylic acids is 1. The number of nitrogens with two attached hydrogens (primary N) is 1. The Balaban J connectivity index is 1.87. The molecule has 0 atom stereocenters. The Morgan fingerprint density at radius 1 is 1.56 bits per heavy atom. The van der Waals surface area contributed by atoms with Gasteiger partial charge in [-0.05, 0) is 18.1 Å². The lowest BCUT2D eigenvalue weighted by Crippen LogP contribution is -2.26. The van der Waals surface area contributed by atoms with Crippen LogP contribution in [0.4, 0.5) is 5.69 Å². The predicted octanol–water partition coefficient (Wildman–Crippen LogP) is 0.370. The third-order valence-corrected chi connectivity index (χ3v) is 2.49. The molecule has 3 N–H and O–H groups in total. The van der Waals surface area contributed by atoms with Crippen LogP contribution in [0, 0.1) is 0 Å². The molecule has 2 heterocycles. The summed E-state index contributed by atoms with van der Waals surface area (Å²) in [5.74, 6) is -0.253. The normalized spacial score (nSPS) is 10.3. The van der Waals surface area contributed by atoms with Gasteiger partial charge in [0.25, 0.3) is 5.91 Å². The maximum atomic E-state index is 11.8. The van der Waals surface area contributed by atoms with Gasteiger partial charge in [0.1, 0.15) is 0 Å². The lowest BCUT2D eigenvalue weighted by Gasteiger charge is -2.03. The summed E-state index contributed by atoms with van der Waals surface area (Å²) in [6, 6.07) is 3.84. The molecule has 0 saturated heterocycles. The molecule has 94 valence electrons. The minimum Gasteiger partial charge on any atom is -0.396 e. The molecule has 0 saturated carbocycles. The van der Waals surface area contributed by atoms with Crippen molar-refractivity contribution in [3.8, 4) is 0 Å². The average Bonchev–Trinajstić information content (AvgIpc) is 2.70. The molecule has 0 radical (unpaired) electrons. The highest BCUT2D eigenvalue weighted by Gasteiger charge is 2.12. The third-order valence-electron chi connectivity index (χ3n) is 2.49. The number of carbonyl (C=O) groups is 1. The second-order valence-electron chi connectivity index (χ2n) is 3.97. The molecule has 1 amide bonds. The summed E-state index contributed by atoms with van der Waals surface area (Å²) in [5, 5.41) is 6.78. The zero-order chi connectivity index (χ0) is 13.0. The minimum absolute atomic E-state index is 0.253. The molecule has 0 spiro atoms. The Morgan fingerprint density at radius 2 is 2.39 bits per heavy atom. The summed E-state index contributed by atoms with van der Waals surface area (Å²) in [7, 11) is 1.72. The van der Waals surface area contributed by atoms with Crippen LogP contribution in [0.2, 0.25) is 0 Å². The van der Waals surface area contributed by atoms with Gasteiger partial charge in [-0.1, -0.05) is 6.07 Å². The van der Waals surface area contributed by atoms with E-state index < -0.39 is 0 Å². The van der Waals surface area contributed by atoms with E-state index in [0.29, 0.717) is 12.2 Å². The summed E-state index contributed by atoms with van der Waals surface area (Å²) in [4.78, 5) is 15.8. The number of aryl methyl sites for hydroxylation is 1. The Morgan fingerprint density at radius 3 is 3.00 bits per heavy atom. The lowest BCUT2D eigenvalue weighted by atomic mass is 10.2. The number of nitrogen functional groups attached to an aromatic ring is 1. The van der Waals surface area contributed by atoms with E-state index in [1.165, 1.54) is 4.68 Å². The van der Waals surface area contributed by atoms with Crippen molar-refractivity contribution < 1.29 is 4.79 Å². The monoisotopic (exact) mass is 245 g/mol. The Labute approximate surface area is 105 Å². The Kier molecular flexibility index (Phi) is 3.57. The van der Waals surface area contributed by atoms with Crippen LogP contribution in [0.5, 0.6) is 0 Å². The molecule has 0 bridgehead atoms. The zero-order valence-electron chi connectivity index (χ0n) is 10.1. The fourth-order valence-electron chi connectivity index (χ4n) is 1.63. The number of hydrogen-bond donors (Lipinski definition) is 2. The highest BCUT2D eigenvalue weighted by atomic mass is 16.1. The van der Waals surface area contributed by atoms with Crippen LogP contribution in [0.15, 0.2) is 30.7 Å². The van der Waals surface area contributed by atoms with Gasteiger partial charge < -0.3 is 11.1 Å². The fourth-order valence-corrected chi connectivity index (χ4v) is 1.63. The van der Waals surface area contributed by atoms with Crippen LogP contribution in [0.25, 0.3) is 0 Å². The number of amides is 1. The van der Waals surface area contributed by atoms with Crippen LogP contribution in [-0.2, 0) is 13.5 Å². The maximum absolute atomic E-state index is 11.8. The minimum atomic E-state index is -0.253. The number of aromatic nitrogens is 3. The highest BCUT2D eigenvalue weighted by molar-refractivity contribution is 5.96. The SMILES string of the molecule is Cn1cc(N)c(C(=O)NCCc2cccnc2)n1. The van der Waals surface area contributed by atoms with Gasteiger partial charge in [0, 0.05) is 32.2 Å². The van der Waals surface area contributed by atoms with Crippen LogP contribution in [0.1, 0.15) is 16.1 Å². The van der Waals surface area contributed by atoms with Crippen molar-refractivity contribution in [1.82, 2.24) is 20.1 Å². The van der Waals surface area contributed by atoms with E-state index >= 15 is 0 Å². The molecule has 0 aliphatic carbocycles. The summed E-state index contributed by atoms with van der Waals surface area (Å²) in [6.07, 6.45) is 5.83. The summed E-state index contributed by atoms with van der Waals surface area (Å²) in [6.45, 7) is 0.528. The van der Waals surface area contributed by atoms with Crippen LogP contribution in [-0.4, -0.2) is 27.2 Å². The van der Waals surface area contributed by atoms with Gasteiger partial charge in [-0.15, -0.1) is 0 Å². The molecule has 6 heteroatoms. The molecule has 0 aliphatic rings. The van der Waals surface area contributed by atoms with Crippen LogP contribution < -0.4 is 11.1 Å². The van der Waals surface area contributed by atoms with Crippen molar-refractivity contribution in [2.75, 3.05) is 12.3 Å². The lowest BCUT2D eigenvalue weighted by molar-refractivity contribution is 0.0949. The quantitative estimate of drug-likeness (QED) is 0.814. The molecule has 0 unspecified atom stereocenters. The molecule has 2 rings (SSSR count). The summed E-state index contributed by atoms with van der Waals surface area (Å²) >= 11 is 0. The molecular weight excluding hydrogens is 230 g/mol. The van der Waals surface area contributed by atoms with Crippen molar-refractivity contribution in [1.29, 1.82) is 0 Å². The zero-order valence-corrected chi connectivity index (χ0v) is 10.1. The first kappa shape index (κ1) is 12.1. The molecule has 6 nitrogen and oxygen atoms in total. The van der Waals surface area contributed by atoms with Gasteiger partial charge >= 0.3 is 0 Å². The molecule has 2 aromatic heterocycles. The van der Waals surface area contributed by atoms with E-state index in [-0.39, 0.29) is 11.6 Å². The van der Waals surface area contributed by atoms with Gasteiger partial charge in [-0.2, -0.15) is 5.10 Å². The van der Waals surface area contributed by atoms with E-state index in [2.05, 4.69) is 15.4 Å². The van der Waals surface area contributed by atoms with E-state index in [0.717, 1.165) is 12.0 Å². The molecule has 0 fully saturated rings. The van der Waals surface area contributed by atoms with Gasteiger partial charge in [0.2, 0.25) is 0 Å². The van der Waals surface area contributed by atoms with E-state index in [4.69, 9.17) is 5.73 Å². The molecule has 18 heavy (non-hydrogen) atoms. The number of hydrogen-bond acceptors (Lipinski definition) is 4. The third kappa shape index (κ3) is 2.85. The summed E-state index contributed by atoms with van der Waals surface area (Å²) < 4.78 is 1.52. The first-order chi connectivity index (χ1) is 8.66. The predicted molar refractivity (Wildman–Crippen MR) is 67.9 cm³/mol. The van der Waals surface area contributed by atoms with Crippen LogP contribution >= 0.6 is 0 Å². The smallest absolute Gasteiger partial charge is 0.273 e. The molecular formula is C12H15N5O. The maximum Gasteiger partial charge on any atom is 0.273 e. The largest absolute Gasteiger partial charge is 0.396 e. The molecule has 0 aromatic carbocycles. The standard InChI is InChI=1S/C12H15N5O/c1-17-8-10(13)11(16-17)12(18)15-6-4-9-3-2-5-14-7-9/h2-3,5,7-8H,4,6,13H2,1H3,(H,15,18). The molecule has 2 aromatic rings. The van der Waals surface area contributed by atoms with E-state index in [9.17, 15) is 4.79 Å². The molecule has 0 aliphatic heterocycles. The van der Waals surface area contributed by atoms with Gasteiger partial charge in [-0.25, -0.2) is 0 Å². The van der Waals surface area contributed by atoms with E-state index in [1.54, 1.807) is 25.6 Å². The first-order valence-electron chi connectivity index (χ1n) is 5.63. The number of pyridine rings is 1. The van der Waals surface area contributed by atoms with Crippen molar-refractivity contribution in [3.05, 3.63) is 42.0 Å². The first-order valence-corrected chi connectivity index (χ1v) is 5.63. The Bertz CT molecular complexity index is 535. The van der Waals surface area contributed by atoms with Gasteiger partial charge in [0.05, 0.1) is 5.69 Å². The number of rotatable bonds is 4. The van der Waals surface area contributed by atoms with Crippen molar-refractivity contribution in [3.63, 3.8) is 0 Å². The van der Waals surface area contributed by atoms with Crippen LogP contribution in [0.3, 0.4) is 0 Å². The number of nitrogens with one attached hydrogen (secondary N) is 1. The average molecular weight is 245 g/mol. The highest BCUT2D eigenvalue weighted by Crippen LogP contribution is 2.07. The van der Waals surface area contributed by atoms with Crippen molar-refractivity contribution in [2.45, 2.75) is 6.42 Å². The fraction of sp³-hybridized carbons (Fsp3) is 0.250. The second-order valence-corrected chi connectivity index (χ2v) is 3.97. The van der Waals surface area contributed by atoms with E-state index in [1.807, 2.05) is 12.1 Å². The summed E-state index contributed by atoms with van der Waals surface area (Å²) in [5.41, 5.74) is 7.40. The van der Waals surface area contributed by atoms with Gasteiger partial charge in [-0.3, -0.25) is 14.5 Å². The topological polar surface area (TPSA) is 85.8 Å². The Hall–Kier alpha value is -2.37. The number of anilines is 1. The van der Waals surface area contributed by atoms with Crippen molar-refractivity contribution in [2.24, 2.45) is 7.05 Å².